The molecule has 0 aliphatic carbocycles. The van der Waals surface area contributed by atoms with Crippen molar-refractivity contribution in [3.8, 4) is 11.5 Å². The summed E-state index contributed by atoms with van der Waals surface area (Å²) in [6.45, 7) is 0.960. The van der Waals surface area contributed by atoms with Gasteiger partial charge in [0.25, 0.3) is 0 Å². The van der Waals surface area contributed by atoms with E-state index in [1.54, 1.807) is 0 Å². The molecular weight excluding hydrogens is 246 g/mol. The van der Waals surface area contributed by atoms with E-state index < -0.39 is 0 Å². The standard InChI is InChI=1S/C10H12BrNO2/c11-8(5-12)3-7-1-2-9-10(4-7)14-6-13-9/h1-2,4,8H,3,5-6,12H2. The highest BCUT2D eigenvalue weighted by Crippen LogP contribution is 2.32. The number of rotatable bonds is 3. The highest BCUT2D eigenvalue weighted by Gasteiger charge is 2.13. The number of halogens is 1. The molecule has 14 heavy (non-hydrogen) atoms. The smallest absolute Gasteiger partial charge is 0.231 e. The van der Waals surface area contributed by atoms with Gasteiger partial charge in [0.15, 0.2) is 11.5 Å². The van der Waals surface area contributed by atoms with E-state index in [1.165, 1.54) is 5.56 Å². The van der Waals surface area contributed by atoms with Crippen LogP contribution in [0.3, 0.4) is 0 Å². The van der Waals surface area contributed by atoms with Gasteiger partial charge in [-0.2, -0.15) is 0 Å². The first kappa shape index (κ1) is 9.80. The first-order valence-electron chi connectivity index (χ1n) is 4.52. The topological polar surface area (TPSA) is 44.5 Å². The van der Waals surface area contributed by atoms with E-state index in [2.05, 4.69) is 15.9 Å². The average molecular weight is 258 g/mol. The second kappa shape index (κ2) is 4.19. The van der Waals surface area contributed by atoms with Crippen molar-refractivity contribution >= 4 is 15.9 Å². The zero-order valence-electron chi connectivity index (χ0n) is 7.70. The van der Waals surface area contributed by atoms with Gasteiger partial charge in [0, 0.05) is 11.4 Å². The first-order valence-corrected chi connectivity index (χ1v) is 5.44. The molecule has 0 radical (unpaired) electrons. The van der Waals surface area contributed by atoms with E-state index in [0.29, 0.717) is 18.2 Å². The molecule has 1 atom stereocenters. The highest BCUT2D eigenvalue weighted by molar-refractivity contribution is 9.09. The maximum absolute atomic E-state index is 5.53. The Morgan fingerprint density at radius 1 is 1.36 bits per heavy atom. The van der Waals surface area contributed by atoms with Gasteiger partial charge in [-0.25, -0.2) is 0 Å². The molecule has 1 heterocycles. The average Bonchev–Trinajstić information content (AvgIpc) is 2.64. The van der Waals surface area contributed by atoms with Crippen LogP contribution < -0.4 is 15.2 Å². The fraction of sp³-hybridized carbons (Fsp3) is 0.400. The van der Waals surface area contributed by atoms with Crippen molar-refractivity contribution in [2.45, 2.75) is 11.2 Å². The molecule has 2 rings (SSSR count). The van der Waals surface area contributed by atoms with Crippen LogP contribution in [0.2, 0.25) is 0 Å². The molecule has 1 aliphatic rings. The molecule has 2 N–H and O–H groups in total. The van der Waals surface area contributed by atoms with Crippen LogP contribution >= 0.6 is 15.9 Å². The van der Waals surface area contributed by atoms with Crippen molar-refractivity contribution in [3.63, 3.8) is 0 Å². The maximum Gasteiger partial charge on any atom is 0.231 e. The Labute approximate surface area is 91.3 Å². The van der Waals surface area contributed by atoms with Crippen LogP contribution in [0, 0.1) is 0 Å². The summed E-state index contributed by atoms with van der Waals surface area (Å²) in [6.07, 6.45) is 0.910. The van der Waals surface area contributed by atoms with Crippen LogP contribution in [-0.4, -0.2) is 18.2 Å². The third kappa shape index (κ3) is 2.01. The van der Waals surface area contributed by atoms with E-state index >= 15 is 0 Å². The van der Waals surface area contributed by atoms with Gasteiger partial charge in [-0.3, -0.25) is 0 Å². The van der Waals surface area contributed by atoms with Crippen molar-refractivity contribution in [1.29, 1.82) is 0 Å². The van der Waals surface area contributed by atoms with E-state index in [1.807, 2.05) is 18.2 Å². The summed E-state index contributed by atoms with van der Waals surface area (Å²) in [4.78, 5) is 0.322. The Bertz CT molecular complexity index is 330. The lowest BCUT2D eigenvalue weighted by Crippen LogP contribution is -2.15. The maximum atomic E-state index is 5.53. The molecule has 0 bridgehead atoms. The summed E-state index contributed by atoms with van der Waals surface area (Å²) in [7, 11) is 0. The molecule has 0 saturated carbocycles. The number of hydrogen-bond acceptors (Lipinski definition) is 3. The minimum atomic E-state index is 0.322. The number of benzene rings is 1. The van der Waals surface area contributed by atoms with E-state index in [0.717, 1.165) is 17.9 Å². The van der Waals surface area contributed by atoms with Crippen molar-refractivity contribution < 1.29 is 9.47 Å². The predicted molar refractivity (Wildman–Crippen MR) is 58.0 cm³/mol. The molecular formula is C10H12BrNO2. The lowest BCUT2D eigenvalue weighted by Gasteiger charge is -2.06. The van der Waals surface area contributed by atoms with Crippen LogP contribution in [-0.2, 0) is 6.42 Å². The van der Waals surface area contributed by atoms with Gasteiger partial charge < -0.3 is 15.2 Å². The molecule has 1 aromatic carbocycles. The molecule has 0 aromatic heterocycles. The Morgan fingerprint density at radius 3 is 2.93 bits per heavy atom. The largest absolute Gasteiger partial charge is 0.454 e. The fourth-order valence-corrected chi connectivity index (χ4v) is 1.78. The van der Waals surface area contributed by atoms with Crippen LogP contribution in [0.4, 0.5) is 0 Å². The zero-order chi connectivity index (χ0) is 9.97. The molecule has 1 unspecified atom stereocenters. The second-order valence-electron chi connectivity index (χ2n) is 3.22. The van der Waals surface area contributed by atoms with Gasteiger partial charge in [0.2, 0.25) is 6.79 Å². The number of hydrogen-bond donors (Lipinski definition) is 1. The van der Waals surface area contributed by atoms with Gasteiger partial charge in [-0.05, 0) is 24.1 Å². The first-order chi connectivity index (χ1) is 6.79. The summed E-state index contributed by atoms with van der Waals surface area (Å²) < 4.78 is 10.5. The zero-order valence-corrected chi connectivity index (χ0v) is 9.29. The quantitative estimate of drug-likeness (QED) is 0.839. The minimum Gasteiger partial charge on any atom is -0.454 e. The molecule has 0 saturated heterocycles. The molecule has 3 nitrogen and oxygen atoms in total. The molecule has 0 amide bonds. The van der Waals surface area contributed by atoms with E-state index in [-0.39, 0.29) is 0 Å². The minimum absolute atomic E-state index is 0.322. The third-order valence-electron chi connectivity index (χ3n) is 2.15. The fourth-order valence-electron chi connectivity index (χ4n) is 1.41. The van der Waals surface area contributed by atoms with Crippen molar-refractivity contribution in [2.24, 2.45) is 5.73 Å². The molecule has 1 aromatic rings. The highest BCUT2D eigenvalue weighted by atomic mass is 79.9. The molecule has 1 aliphatic heterocycles. The van der Waals surface area contributed by atoms with Gasteiger partial charge in [-0.15, -0.1) is 0 Å². The molecule has 4 heteroatoms. The van der Waals surface area contributed by atoms with Gasteiger partial charge in [0.1, 0.15) is 0 Å². The number of nitrogens with two attached hydrogens (primary N) is 1. The van der Waals surface area contributed by atoms with E-state index in [4.69, 9.17) is 15.2 Å². The van der Waals surface area contributed by atoms with Crippen LogP contribution in [0.15, 0.2) is 18.2 Å². The van der Waals surface area contributed by atoms with Gasteiger partial charge in [-0.1, -0.05) is 22.0 Å². The lowest BCUT2D eigenvalue weighted by atomic mass is 10.1. The third-order valence-corrected chi connectivity index (χ3v) is 2.85. The second-order valence-corrected chi connectivity index (χ2v) is 4.52. The number of fused-ring (bicyclic) bond motifs is 1. The monoisotopic (exact) mass is 257 g/mol. The summed E-state index contributed by atoms with van der Waals surface area (Å²) in [5.41, 5.74) is 6.74. The summed E-state index contributed by atoms with van der Waals surface area (Å²) in [6, 6.07) is 5.98. The normalized spacial score (nSPS) is 15.6. The number of ether oxygens (including phenoxy) is 2. The van der Waals surface area contributed by atoms with Crippen molar-refractivity contribution in [1.82, 2.24) is 0 Å². The van der Waals surface area contributed by atoms with Crippen molar-refractivity contribution in [3.05, 3.63) is 23.8 Å². The molecule has 76 valence electrons. The predicted octanol–water partition coefficient (Wildman–Crippen LogP) is 1.68. The Morgan fingerprint density at radius 2 is 2.14 bits per heavy atom. The Kier molecular flexibility index (Phi) is 2.93. The van der Waals surface area contributed by atoms with Crippen LogP contribution in [0.1, 0.15) is 5.56 Å². The van der Waals surface area contributed by atoms with Gasteiger partial charge >= 0.3 is 0 Å². The Balaban J connectivity index is 2.12. The van der Waals surface area contributed by atoms with E-state index in [9.17, 15) is 0 Å². The van der Waals surface area contributed by atoms with Crippen LogP contribution in [0.25, 0.3) is 0 Å². The number of alkyl halides is 1. The molecule has 0 spiro atoms. The van der Waals surface area contributed by atoms with Gasteiger partial charge in [0.05, 0.1) is 0 Å². The SMILES string of the molecule is NCC(Br)Cc1ccc2c(c1)OCO2. The summed E-state index contributed by atoms with van der Waals surface area (Å²) >= 11 is 3.50. The Hall–Kier alpha value is -0.740. The summed E-state index contributed by atoms with van der Waals surface area (Å²) in [5.74, 6) is 1.66. The lowest BCUT2D eigenvalue weighted by molar-refractivity contribution is 0.174. The summed E-state index contributed by atoms with van der Waals surface area (Å²) in [5, 5.41) is 0. The van der Waals surface area contributed by atoms with Crippen LogP contribution in [0.5, 0.6) is 11.5 Å². The molecule has 0 fully saturated rings. The van der Waals surface area contributed by atoms with Crippen molar-refractivity contribution in [2.75, 3.05) is 13.3 Å².